The first-order valence-electron chi connectivity index (χ1n) is 4.93. The zero-order valence-electron chi connectivity index (χ0n) is 9.28. The smallest absolute Gasteiger partial charge is 0.324 e. The van der Waals surface area contributed by atoms with E-state index in [0.29, 0.717) is 0 Å². The minimum absolute atomic E-state index is 0.474. The molecule has 0 aliphatic rings. The summed E-state index contributed by atoms with van der Waals surface area (Å²) in [5.41, 5.74) is -1.07. The van der Waals surface area contributed by atoms with Gasteiger partial charge in [0.05, 0.1) is 11.5 Å². The van der Waals surface area contributed by atoms with Crippen molar-refractivity contribution in [1.29, 1.82) is 0 Å². The Hall–Kier alpha value is -2.19. The second-order valence-electron chi connectivity index (χ2n) is 3.52. The Kier molecular flexibility index (Phi) is 4.41. The quantitative estimate of drug-likeness (QED) is 0.510. The van der Waals surface area contributed by atoms with Crippen molar-refractivity contribution in [2.75, 3.05) is 6.54 Å². The van der Waals surface area contributed by atoms with Crippen LogP contribution in [0.5, 0.6) is 0 Å². The van der Waals surface area contributed by atoms with Crippen LogP contribution in [0.15, 0.2) is 24.3 Å². The Labute approximate surface area is 104 Å². The van der Waals surface area contributed by atoms with E-state index in [1.54, 1.807) is 5.32 Å². The van der Waals surface area contributed by atoms with Crippen molar-refractivity contribution in [2.45, 2.75) is 12.3 Å². The number of rotatable bonds is 5. The van der Waals surface area contributed by atoms with Crippen molar-refractivity contribution < 1.29 is 27.3 Å². The van der Waals surface area contributed by atoms with E-state index >= 15 is 0 Å². The van der Waals surface area contributed by atoms with E-state index in [4.69, 9.17) is 0 Å². The van der Waals surface area contributed by atoms with E-state index in [-0.39, 0.29) is 0 Å². The summed E-state index contributed by atoms with van der Waals surface area (Å²) >= 11 is 0. The average molecular weight is 280 g/mol. The van der Waals surface area contributed by atoms with Crippen molar-refractivity contribution in [2.24, 2.45) is 0 Å². The standard InChI is InChI=1S/C10H8F4N2O3/c11-9(12)10(13,14)5-15-8(17)6-3-1-2-4-7(6)16(18)19/h1-4,9H,5H2,(H,15,17). The zero-order chi connectivity index (χ0) is 14.6. The van der Waals surface area contributed by atoms with Crippen LogP contribution in [0.4, 0.5) is 23.2 Å². The summed E-state index contributed by atoms with van der Waals surface area (Å²) in [5, 5.41) is 12.1. The molecule has 5 nitrogen and oxygen atoms in total. The first-order valence-corrected chi connectivity index (χ1v) is 4.93. The lowest BCUT2D eigenvalue weighted by Gasteiger charge is -2.15. The summed E-state index contributed by atoms with van der Waals surface area (Å²) in [6.45, 7) is -1.60. The van der Waals surface area contributed by atoms with Gasteiger partial charge in [-0.1, -0.05) is 12.1 Å². The van der Waals surface area contributed by atoms with Gasteiger partial charge in [0.25, 0.3) is 11.6 Å². The number of alkyl halides is 4. The number of benzene rings is 1. The number of hydrogen-bond donors (Lipinski definition) is 1. The zero-order valence-corrected chi connectivity index (χ0v) is 9.28. The summed E-state index contributed by atoms with van der Waals surface area (Å²) < 4.78 is 48.9. The SMILES string of the molecule is O=C(NCC(F)(F)C(F)F)c1ccccc1[N+](=O)[O-]. The highest BCUT2D eigenvalue weighted by atomic mass is 19.3. The Morgan fingerprint density at radius 1 is 1.37 bits per heavy atom. The molecule has 0 aliphatic heterocycles. The second kappa shape index (κ2) is 5.63. The fourth-order valence-corrected chi connectivity index (χ4v) is 1.20. The van der Waals surface area contributed by atoms with Crippen LogP contribution in [-0.4, -0.2) is 29.7 Å². The summed E-state index contributed by atoms with van der Waals surface area (Å²) in [5.74, 6) is -5.60. The number of nitrogens with one attached hydrogen (secondary N) is 1. The number of halogens is 4. The Balaban J connectivity index is 2.83. The van der Waals surface area contributed by atoms with Crippen LogP contribution >= 0.6 is 0 Å². The van der Waals surface area contributed by atoms with Gasteiger partial charge in [-0.2, -0.15) is 8.78 Å². The maximum Gasteiger partial charge on any atom is 0.324 e. The fraction of sp³-hybridized carbons (Fsp3) is 0.300. The van der Waals surface area contributed by atoms with E-state index in [2.05, 4.69) is 0 Å². The van der Waals surface area contributed by atoms with Gasteiger partial charge in [0, 0.05) is 6.07 Å². The van der Waals surface area contributed by atoms with Crippen LogP contribution in [0.2, 0.25) is 0 Å². The summed E-state index contributed by atoms with van der Waals surface area (Å²) in [6.07, 6.45) is -3.93. The van der Waals surface area contributed by atoms with Crippen LogP contribution < -0.4 is 5.32 Å². The van der Waals surface area contributed by atoms with Gasteiger partial charge in [-0.05, 0) is 6.07 Å². The third kappa shape index (κ3) is 3.63. The van der Waals surface area contributed by atoms with Crippen molar-refractivity contribution in [3.8, 4) is 0 Å². The molecule has 1 aromatic carbocycles. The number of nitro benzene ring substituents is 1. The van der Waals surface area contributed by atoms with Gasteiger partial charge in [0.2, 0.25) is 0 Å². The maximum absolute atomic E-state index is 12.6. The second-order valence-corrected chi connectivity index (χ2v) is 3.52. The highest BCUT2D eigenvalue weighted by molar-refractivity contribution is 5.98. The fourth-order valence-electron chi connectivity index (χ4n) is 1.20. The highest BCUT2D eigenvalue weighted by Gasteiger charge is 2.41. The molecule has 1 aromatic rings. The average Bonchev–Trinajstić information content (AvgIpc) is 2.35. The molecule has 0 aliphatic carbocycles. The molecule has 0 unspecified atom stereocenters. The van der Waals surface area contributed by atoms with Gasteiger partial charge < -0.3 is 5.32 Å². The number of carbonyl (C=O) groups excluding carboxylic acids is 1. The molecular weight excluding hydrogens is 272 g/mol. The number of para-hydroxylation sites is 1. The topological polar surface area (TPSA) is 72.2 Å². The number of amides is 1. The number of nitrogens with zero attached hydrogens (tertiary/aromatic N) is 1. The van der Waals surface area contributed by atoms with Gasteiger partial charge in [0.1, 0.15) is 5.56 Å². The van der Waals surface area contributed by atoms with E-state index in [1.165, 1.54) is 12.1 Å². The molecule has 0 atom stereocenters. The monoisotopic (exact) mass is 280 g/mol. The van der Waals surface area contributed by atoms with Gasteiger partial charge in [-0.25, -0.2) is 8.78 Å². The van der Waals surface area contributed by atoms with Crippen molar-refractivity contribution in [3.63, 3.8) is 0 Å². The third-order valence-corrected chi connectivity index (χ3v) is 2.15. The Bertz CT molecular complexity index is 493. The normalized spacial score (nSPS) is 11.4. The van der Waals surface area contributed by atoms with Crippen LogP contribution in [0, 0.1) is 10.1 Å². The van der Waals surface area contributed by atoms with E-state index in [9.17, 15) is 32.5 Å². The molecule has 1 N–H and O–H groups in total. The third-order valence-electron chi connectivity index (χ3n) is 2.15. The predicted octanol–water partition coefficient (Wildman–Crippen LogP) is 2.23. The molecule has 0 saturated carbocycles. The molecule has 19 heavy (non-hydrogen) atoms. The number of nitro groups is 1. The van der Waals surface area contributed by atoms with Crippen molar-refractivity contribution in [3.05, 3.63) is 39.9 Å². The molecule has 0 spiro atoms. The molecule has 1 amide bonds. The molecule has 0 saturated heterocycles. The lowest BCUT2D eigenvalue weighted by atomic mass is 10.1. The summed E-state index contributed by atoms with van der Waals surface area (Å²) in [6, 6.07) is 4.60. The summed E-state index contributed by atoms with van der Waals surface area (Å²) in [7, 11) is 0. The first kappa shape index (κ1) is 14.9. The molecule has 0 radical (unpaired) electrons. The molecule has 0 bridgehead atoms. The van der Waals surface area contributed by atoms with E-state index in [1.807, 2.05) is 0 Å². The Morgan fingerprint density at radius 2 is 1.95 bits per heavy atom. The predicted molar refractivity (Wildman–Crippen MR) is 56.4 cm³/mol. The molecule has 104 valence electrons. The first-order chi connectivity index (χ1) is 8.75. The Morgan fingerprint density at radius 3 is 2.47 bits per heavy atom. The molecule has 0 aromatic heterocycles. The number of carbonyl (C=O) groups is 1. The largest absolute Gasteiger partial charge is 0.346 e. The van der Waals surface area contributed by atoms with Crippen LogP contribution in [0.3, 0.4) is 0 Å². The van der Waals surface area contributed by atoms with Gasteiger partial charge in [0.15, 0.2) is 0 Å². The lowest BCUT2D eigenvalue weighted by Crippen LogP contribution is -2.41. The minimum Gasteiger partial charge on any atom is -0.346 e. The molecule has 0 heterocycles. The van der Waals surface area contributed by atoms with E-state index < -0.39 is 41.0 Å². The van der Waals surface area contributed by atoms with Gasteiger partial charge in [-0.3, -0.25) is 14.9 Å². The van der Waals surface area contributed by atoms with Gasteiger partial charge >= 0.3 is 12.3 Å². The van der Waals surface area contributed by atoms with Crippen molar-refractivity contribution >= 4 is 11.6 Å². The number of hydrogen-bond acceptors (Lipinski definition) is 3. The lowest BCUT2D eigenvalue weighted by molar-refractivity contribution is -0.385. The molecule has 0 fully saturated rings. The maximum atomic E-state index is 12.6. The highest BCUT2D eigenvalue weighted by Crippen LogP contribution is 2.22. The minimum atomic E-state index is -4.39. The summed E-state index contributed by atoms with van der Waals surface area (Å²) in [4.78, 5) is 21.2. The van der Waals surface area contributed by atoms with Crippen LogP contribution in [0.25, 0.3) is 0 Å². The molecule has 1 rings (SSSR count). The van der Waals surface area contributed by atoms with Crippen LogP contribution in [0.1, 0.15) is 10.4 Å². The van der Waals surface area contributed by atoms with Crippen LogP contribution in [-0.2, 0) is 0 Å². The van der Waals surface area contributed by atoms with E-state index in [0.717, 1.165) is 12.1 Å². The molecule has 9 heteroatoms. The van der Waals surface area contributed by atoms with Gasteiger partial charge in [-0.15, -0.1) is 0 Å². The van der Waals surface area contributed by atoms with Crippen molar-refractivity contribution in [1.82, 2.24) is 5.32 Å². The molecular formula is C10H8F4N2O3.